The Hall–Kier alpha value is -3.28. The summed E-state index contributed by atoms with van der Waals surface area (Å²) in [5, 5.41) is 19.1. The van der Waals surface area contributed by atoms with Crippen molar-refractivity contribution in [1.82, 2.24) is 29.8 Å². The minimum absolute atomic E-state index is 0.0225. The van der Waals surface area contributed by atoms with E-state index in [9.17, 15) is 19.5 Å². The van der Waals surface area contributed by atoms with Crippen LogP contribution in [0.2, 0.25) is 0 Å². The molecule has 0 unspecified atom stereocenters. The van der Waals surface area contributed by atoms with Crippen molar-refractivity contribution in [1.29, 1.82) is 0 Å². The van der Waals surface area contributed by atoms with Gasteiger partial charge in [-0.2, -0.15) is 5.10 Å². The number of hydrogen-bond acceptors (Lipinski definition) is 7. The topological polar surface area (TPSA) is 120 Å². The van der Waals surface area contributed by atoms with Crippen LogP contribution in [0.1, 0.15) is 92.0 Å². The third-order valence-electron chi connectivity index (χ3n) is 11.1. The number of benzene rings is 1. The van der Waals surface area contributed by atoms with Gasteiger partial charge in [0.15, 0.2) is 0 Å². The summed E-state index contributed by atoms with van der Waals surface area (Å²) < 4.78 is 7.32. The molecule has 3 aliphatic heterocycles. The van der Waals surface area contributed by atoms with Gasteiger partial charge in [-0.05, 0) is 76.1 Å². The largest absolute Gasteiger partial charge is 0.390 e. The molecule has 4 aliphatic rings. The van der Waals surface area contributed by atoms with Crippen LogP contribution in [0.25, 0.3) is 5.69 Å². The fourth-order valence-electron chi connectivity index (χ4n) is 8.11. The summed E-state index contributed by atoms with van der Waals surface area (Å²) in [6, 6.07) is 6.78. The van der Waals surface area contributed by atoms with E-state index in [-0.39, 0.29) is 23.6 Å². The highest BCUT2D eigenvalue weighted by Crippen LogP contribution is 2.37. The van der Waals surface area contributed by atoms with Crippen molar-refractivity contribution in [3.05, 3.63) is 46.8 Å². The highest BCUT2D eigenvalue weighted by molar-refractivity contribution is 6.00. The Morgan fingerprint density at radius 2 is 1.72 bits per heavy atom. The first-order valence-corrected chi connectivity index (χ1v) is 17.8. The first-order chi connectivity index (χ1) is 22.7. The van der Waals surface area contributed by atoms with Gasteiger partial charge in [0, 0.05) is 56.1 Å². The maximum Gasteiger partial charge on any atom is 0.254 e. The number of nitrogens with zero attached hydrogens (tertiary/aromatic N) is 5. The second-order valence-electron chi connectivity index (χ2n) is 14.0. The number of carbonyl (C=O) groups is 3. The van der Waals surface area contributed by atoms with Crippen LogP contribution in [0.5, 0.6) is 0 Å². The third kappa shape index (κ3) is 6.71. The Morgan fingerprint density at radius 1 is 1.04 bits per heavy atom. The monoisotopic (exact) mass is 648 g/mol. The molecule has 4 heterocycles. The number of piperidine rings is 1. The minimum atomic E-state index is -0.875. The van der Waals surface area contributed by atoms with Gasteiger partial charge < -0.3 is 25.0 Å². The van der Waals surface area contributed by atoms with Crippen LogP contribution in [0.3, 0.4) is 0 Å². The van der Waals surface area contributed by atoms with E-state index in [4.69, 9.17) is 9.84 Å². The zero-order valence-electron chi connectivity index (χ0n) is 28.4. The van der Waals surface area contributed by atoms with Gasteiger partial charge in [0.25, 0.3) is 5.91 Å². The first kappa shape index (κ1) is 33.6. The zero-order chi connectivity index (χ0) is 33.1. The number of unbranched alkanes of at least 4 members (excludes halogenated alkanes) is 1. The van der Waals surface area contributed by atoms with Crippen LogP contribution in [0, 0.1) is 19.8 Å². The lowest BCUT2D eigenvalue weighted by Gasteiger charge is -2.52. The molecule has 3 saturated heterocycles. The number of likely N-dealkylation sites (tertiary alicyclic amines) is 1. The van der Waals surface area contributed by atoms with E-state index in [0.717, 1.165) is 61.2 Å². The fraction of sp³-hybridized carbons (Fsp3) is 0.667. The molecule has 11 nitrogen and oxygen atoms in total. The van der Waals surface area contributed by atoms with Gasteiger partial charge in [-0.3, -0.25) is 19.3 Å². The average Bonchev–Trinajstić information content (AvgIpc) is 3.39. The number of nitrogens with one attached hydrogen (secondary N) is 1. The third-order valence-corrected chi connectivity index (χ3v) is 11.1. The average molecular weight is 649 g/mol. The van der Waals surface area contributed by atoms with Crippen molar-refractivity contribution in [3.63, 3.8) is 0 Å². The quantitative estimate of drug-likeness (QED) is 0.428. The van der Waals surface area contributed by atoms with Gasteiger partial charge in [-0.15, -0.1) is 0 Å². The predicted molar refractivity (Wildman–Crippen MR) is 178 cm³/mol. The van der Waals surface area contributed by atoms with Gasteiger partial charge >= 0.3 is 0 Å². The van der Waals surface area contributed by atoms with Crippen LogP contribution in [0.15, 0.2) is 24.3 Å². The zero-order valence-corrected chi connectivity index (χ0v) is 28.4. The smallest absolute Gasteiger partial charge is 0.254 e. The number of morpholine rings is 1. The Labute approximate surface area is 278 Å². The van der Waals surface area contributed by atoms with Crippen LogP contribution in [-0.4, -0.2) is 111 Å². The van der Waals surface area contributed by atoms with Crippen LogP contribution >= 0.6 is 0 Å². The molecule has 3 amide bonds. The highest BCUT2D eigenvalue weighted by atomic mass is 16.5. The highest BCUT2D eigenvalue weighted by Gasteiger charge is 2.55. The molecule has 0 radical (unpaired) electrons. The van der Waals surface area contributed by atoms with Crippen molar-refractivity contribution >= 4 is 17.7 Å². The summed E-state index contributed by atoms with van der Waals surface area (Å²) in [6.45, 7) is 11.2. The lowest BCUT2D eigenvalue weighted by Crippen LogP contribution is -2.75. The Balaban J connectivity index is 1.12. The Morgan fingerprint density at radius 3 is 2.38 bits per heavy atom. The summed E-state index contributed by atoms with van der Waals surface area (Å²) >= 11 is 0. The molecule has 1 aromatic carbocycles. The molecular formula is C36H52N6O5. The fourth-order valence-corrected chi connectivity index (χ4v) is 8.11. The summed E-state index contributed by atoms with van der Waals surface area (Å²) in [7, 11) is 0. The molecule has 11 heteroatoms. The summed E-state index contributed by atoms with van der Waals surface area (Å²) in [4.78, 5) is 46.8. The van der Waals surface area contributed by atoms with Gasteiger partial charge in [-0.25, -0.2) is 4.68 Å². The summed E-state index contributed by atoms with van der Waals surface area (Å²) in [6.07, 6.45) is 7.16. The summed E-state index contributed by atoms with van der Waals surface area (Å²) in [5.41, 5.74) is 3.84. The van der Waals surface area contributed by atoms with Crippen molar-refractivity contribution < 1.29 is 24.2 Å². The first-order valence-electron chi connectivity index (χ1n) is 17.8. The number of aryl methyl sites for hydroxylation is 1. The second kappa shape index (κ2) is 14.5. The Kier molecular flexibility index (Phi) is 10.3. The lowest BCUT2D eigenvalue weighted by molar-refractivity contribution is -0.166. The maximum atomic E-state index is 14.0. The van der Waals surface area contributed by atoms with Crippen LogP contribution in [-0.2, 0) is 20.9 Å². The number of ether oxygens (including phenoxy) is 1. The van der Waals surface area contributed by atoms with Crippen molar-refractivity contribution in [3.8, 4) is 5.69 Å². The molecule has 1 aliphatic carbocycles. The number of aliphatic hydroxyl groups is 1. The number of amides is 3. The van der Waals surface area contributed by atoms with Gasteiger partial charge in [0.05, 0.1) is 30.7 Å². The number of piperazine rings is 1. The molecule has 1 aromatic heterocycles. The lowest BCUT2D eigenvalue weighted by atomic mass is 9.78. The minimum Gasteiger partial charge on any atom is -0.390 e. The molecule has 4 fully saturated rings. The number of rotatable bonds is 9. The SMILES string of the molecule is CCCCN1C(=O)[C@@H]([C@H](O)C2CCCCC2)NC(=O)C12CCN(Cc1c(C)nn(-c3ccc(C(=O)N4CCOCC4)cc3)c1C)CC2. The van der Waals surface area contributed by atoms with Crippen molar-refractivity contribution in [2.24, 2.45) is 5.92 Å². The van der Waals surface area contributed by atoms with Crippen LogP contribution < -0.4 is 5.32 Å². The van der Waals surface area contributed by atoms with Gasteiger partial charge in [0.2, 0.25) is 11.8 Å². The number of aromatic nitrogens is 2. The molecule has 1 saturated carbocycles. The van der Waals surface area contributed by atoms with Gasteiger partial charge in [-0.1, -0.05) is 32.6 Å². The van der Waals surface area contributed by atoms with E-state index in [1.54, 1.807) is 0 Å². The van der Waals surface area contributed by atoms with E-state index < -0.39 is 17.7 Å². The summed E-state index contributed by atoms with van der Waals surface area (Å²) in [5.74, 6) is -0.141. The molecule has 2 atom stereocenters. The van der Waals surface area contributed by atoms with E-state index in [1.807, 2.05) is 45.7 Å². The Bertz CT molecular complexity index is 1420. The second-order valence-corrected chi connectivity index (χ2v) is 14.0. The maximum absolute atomic E-state index is 14.0. The number of hydrogen-bond donors (Lipinski definition) is 2. The molecule has 47 heavy (non-hydrogen) atoms. The number of carbonyl (C=O) groups excluding carboxylic acids is 3. The van der Waals surface area contributed by atoms with Crippen molar-refractivity contribution in [2.75, 3.05) is 45.9 Å². The van der Waals surface area contributed by atoms with E-state index >= 15 is 0 Å². The van der Waals surface area contributed by atoms with E-state index in [0.29, 0.717) is 70.9 Å². The molecule has 6 rings (SSSR count). The molecule has 256 valence electrons. The van der Waals surface area contributed by atoms with E-state index in [2.05, 4.69) is 24.1 Å². The van der Waals surface area contributed by atoms with Crippen LogP contribution in [0.4, 0.5) is 0 Å². The molecule has 1 spiro atoms. The van der Waals surface area contributed by atoms with Crippen molar-refractivity contribution in [2.45, 2.75) is 103 Å². The standard InChI is InChI=1S/C36H52N6O5/c1-4-5-17-41-34(45)31(32(43)27-9-7-6-8-10-27)37-35(46)36(41)15-18-39(19-16-36)24-30-25(2)38-42(26(30)3)29-13-11-28(12-14-29)33(44)40-20-22-47-23-21-40/h11-14,27,31-32,43H,4-10,15-24H2,1-3H3,(H,37,46)/t31-,32-/m1/s1. The molecule has 2 N–H and O–H groups in total. The molecular weight excluding hydrogens is 596 g/mol. The van der Waals surface area contributed by atoms with E-state index in [1.165, 1.54) is 6.42 Å². The number of aliphatic hydroxyl groups excluding tert-OH is 1. The predicted octanol–water partition coefficient (Wildman–Crippen LogP) is 3.36. The molecule has 0 bridgehead atoms. The van der Waals surface area contributed by atoms with Gasteiger partial charge in [0.1, 0.15) is 11.6 Å². The normalized spacial score (nSPS) is 23.3. The molecule has 2 aromatic rings.